The van der Waals surface area contributed by atoms with Gasteiger partial charge in [-0.3, -0.25) is 4.79 Å². The molecule has 7 nitrogen and oxygen atoms in total. The van der Waals surface area contributed by atoms with E-state index in [4.69, 9.17) is 16.1 Å². The average molecular weight is 390 g/mol. The Kier molecular flexibility index (Phi) is 5.70. The molecule has 25 heavy (non-hydrogen) atoms. The van der Waals surface area contributed by atoms with Crippen LogP contribution in [0.5, 0.6) is 0 Å². The van der Waals surface area contributed by atoms with Crippen LogP contribution < -0.4 is 5.32 Å². The van der Waals surface area contributed by atoms with E-state index in [1.807, 2.05) is 6.92 Å². The highest BCUT2D eigenvalue weighted by molar-refractivity contribution is 7.89. The maximum Gasteiger partial charge on any atom is 0.273 e. The van der Waals surface area contributed by atoms with Crippen LogP contribution in [-0.2, 0) is 10.0 Å². The number of nitrogens with one attached hydrogen (secondary N) is 1. The smallest absolute Gasteiger partial charge is 0.273 e. The van der Waals surface area contributed by atoms with E-state index in [1.54, 1.807) is 6.07 Å². The molecule has 2 fully saturated rings. The van der Waals surface area contributed by atoms with Crippen molar-refractivity contribution in [3.05, 3.63) is 17.5 Å². The first-order chi connectivity index (χ1) is 11.9. The zero-order valence-electron chi connectivity index (χ0n) is 14.3. The van der Waals surface area contributed by atoms with Crippen LogP contribution in [-0.4, -0.2) is 54.0 Å². The molecule has 1 saturated carbocycles. The summed E-state index contributed by atoms with van der Waals surface area (Å²) in [5, 5.41) is 6.79. The number of nitrogens with zero attached hydrogens (tertiary/aromatic N) is 2. The van der Waals surface area contributed by atoms with Gasteiger partial charge in [-0.2, -0.15) is 4.31 Å². The summed E-state index contributed by atoms with van der Waals surface area (Å²) in [5.74, 6) is 1.34. The predicted octanol–water partition coefficient (Wildman–Crippen LogP) is 2.09. The van der Waals surface area contributed by atoms with Crippen molar-refractivity contribution < 1.29 is 17.7 Å². The fourth-order valence-corrected chi connectivity index (χ4v) is 5.32. The van der Waals surface area contributed by atoms with E-state index in [-0.39, 0.29) is 23.7 Å². The van der Waals surface area contributed by atoms with Gasteiger partial charge in [0.25, 0.3) is 5.91 Å². The molecule has 2 atom stereocenters. The number of hydrogen-bond acceptors (Lipinski definition) is 5. The van der Waals surface area contributed by atoms with Gasteiger partial charge in [-0.25, -0.2) is 8.42 Å². The number of carbonyl (C=O) groups is 1. The van der Waals surface area contributed by atoms with Gasteiger partial charge in [0.1, 0.15) is 5.76 Å². The molecule has 2 heterocycles. The van der Waals surface area contributed by atoms with Crippen molar-refractivity contribution in [1.29, 1.82) is 0 Å². The maximum absolute atomic E-state index is 12.3. The number of rotatable bonds is 7. The molecule has 1 N–H and O–H groups in total. The minimum absolute atomic E-state index is 0.0666. The second-order valence-corrected chi connectivity index (χ2v) is 9.32. The minimum atomic E-state index is -3.29. The van der Waals surface area contributed by atoms with E-state index in [2.05, 4.69) is 10.5 Å². The Morgan fingerprint density at radius 3 is 2.84 bits per heavy atom. The predicted molar refractivity (Wildman–Crippen MR) is 94.3 cm³/mol. The van der Waals surface area contributed by atoms with Crippen LogP contribution in [0, 0.1) is 0 Å². The normalized spacial score (nSPS) is 25.0. The molecular weight excluding hydrogens is 366 g/mol. The largest absolute Gasteiger partial charge is 0.360 e. The fourth-order valence-electron chi connectivity index (χ4n) is 3.27. The highest BCUT2D eigenvalue weighted by Gasteiger charge is 2.34. The number of sulfonamides is 1. The summed E-state index contributed by atoms with van der Waals surface area (Å²) < 4.78 is 31.4. The average Bonchev–Trinajstić information content (AvgIpc) is 3.29. The lowest BCUT2D eigenvalue weighted by molar-refractivity contribution is 0.0905. The molecule has 2 aliphatic rings. The Morgan fingerprint density at radius 1 is 1.44 bits per heavy atom. The molecule has 1 aromatic heterocycles. The standard InChI is InChI=1S/C16H24ClN3O4S/c1-11-9-13(5-7-20(11)25(22,23)8-2-6-17)18-16(21)14-10-15(24-19-14)12-3-4-12/h10-13H,2-9H2,1H3,(H,18,21)/t11-,13-/m0/s1. The lowest BCUT2D eigenvalue weighted by Gasteiger charge is -2.36. The summed E-state index contributed by atoms with van der Waals surface area (Å²) >= 11 is 5.60. The highest BCUT2D eigenvalue weighted by atomic mass is 35.5. The van der Waals surface area contributed by atoms with Crippen molar-refractivity contribution in [2.45, 2.75) is 57.0 Å². The molecule has 1 saturated heterocycles. The molecule has 0 bridgehead atoms. The van der Waals surface area contributed by atoms with Crippen LogP contribution in [0.25, 0.3) is 0 Å². The number of amides is 1. The van der Waals surface area contributed by atoms with Crippen LogP contribution in [0.15, 0.2) is 10.6 Å². The van der Waals surface area contributed by atoms with Crippen molar-refractivity contribution in [3.63, 3.8) is 0 Å². The number of alkyl halides is 1. The van der Waals surface area contributed by atoms with Gasteiger partial charge in [0.15, 0.2) is 5.69 Å². The molecule has 9 heteroatoms. The number of halogens is 1. The monoisotopic (exact) mass is 389 g/mol. The third kappa shape index (κ3) is 4.54. The van der Waals surface area contributed by atoms with Gasteiger partial charge in [-0.1, -0.05) is 5.16 Å². The van der Waals surface area contributed by atoms with Crippen LogP contribution in [0.4, 0.5) is 0 Å². The first-order valence-corrected chi connectivity index (χ1v) is 10.9. The lowest BCUT2D eigenvalue weighted by atomic mass is 10.0. The molecule has 1 aromatic rings. The number of hydrogen-bond donors (Lipinski definition) is 1. The molecule has 0 aromatic carbocycles. The van der Waals surface area contributed by atoms with Crippen molar-refractivity contribution in [2.75, 3.05) is 18.2 Å². The third-order valence-electron chi connectivity index (χ3n) is 4.78. The molecule has 3 rings (SSSR count). The second kappa shape index (κ2) is 7.63. The zero-order valence-corrected chi connectivity index (χ0v) is 15.9. The van der Waals surface area contributed by atoms with Gasteiger partial charge in [-0.15, -0.1) is 11.6 Å². The Labute approximate surface area is 153 Å². The van der Waals surface area contributed by atoms with E-state index in [9.17, 15) is 13.2 Å². The minimum Gasteiger partial charge on any atom is -0.360 e. The van der Waals surface area contributed by atoms with E-state index in [1.165, 1.54) is 4.31 Å². The van der Waals surface area contributed by atoms with Gasteiger partial charge in [0.2, 0.25) is 10.0 Å². The summed E-state index contributed by atoms with van der Waals surface area (Å²) in [6.45, 7) is 2.28. The Bertz CT molecular complexity index is 717. The first-order valence-electron chi connectivity index (χ1n) is 8.73. The number of piperidine rings is 1. The first kappa shape index (κ1) is 18.7. The van der Waals surface area contributed by atoms with Crippen LogP contribution in [0.1, 0.15) is 61.2 Å². The molecule has 0 spiro atoms. The van der Waals surface area contributed by atoms with E-state index in [0.29, 0.717) is 43.3 Å². The fraction of sp³-hybridized carbons (Fsp3) is 0.750. The van der Waals surface area contributed by atoms with Gasteiger partial charge in [0.05, 0.1) is 5.75 Å². The summed E-state index contributed by atoms with van der Waals surface area (Å²) in [5.41, 5.74) is 0.298. The quantitative estimate of drug-likeness (QED) is 0.721. The van der Waals surface area contributed by atoms with Gasteiger partial charge in [0, 0.05) is 36.5 Å². The van der Waals surface area contributed by atoms with Crippen molar-refractivity contribution in [1.82, 2.24) is 14.8 Å². The summed E-state index contributed by atoms with van der Waals surface area (Å²) in [4.78, 5) is 12.3. The Balaban J connectivity index is 1.54. The summed E-state index contributed by atoms with van der Waals surface area (Å²) in [7, 11) is -3.29. The summed E-state index contributed by atoms with van der Waals surface area (Å²) in [6.07, 6.45) is 3.79. The maximum atomic E-state index is 12.3. The Hall–Kier alpha value is -1.12. The van der Waals surface area contributed by atoms with Crippen LogP contribution >= 0.6 is 11.6 Å². The van der Waals surface area contributed by atoms with Crippen LogP contribution in [0.3, 0.4) is 0 Å². The van der Waals surface area contributed by atoms with E-state index in [0.717, 1.165) is 18.6 Å². The molecule has 1 aliphatic heterocycles. The topological polar surface area (TPSA) is 92.5 Å². The van der Waals surface area contributed by atoms with Crippen molar-refractivity contribution in [2.24, 2.45) is 0 Å². The van der Waals surface area contributed by atoms with Crippen molar-refractivity contribution >= 4 is 27.5 Å². The van der Waals surface area contributed by atoms with Crippen molar-refractivity contribution in [3.8, 4) is 0 Å². The molecule has 0 unspecified atom stereocenters. The molecular formula is C16H24ClN3O4S. The molecule has 0 radical (unpaired) electrons. The van der Waals surface area contributed by atoms with E-state index < -0.39 is 10.0 Å². The third-order valence-corrected chi connectivity index (χ3v) is 7.11. The summed E-state index contributed by atoms with van der Waals surface area (Å²) in [6, 6.07) is 1.49. The number of aromatic nitrogens is 1. The van der Waals surface area contributed by atoms with Gasteiger partial charge >= 0.3 is 0 Å². The number of carbonyl (C=O) groups excluding carboxylic acids is 1. The highest BCUT2D eigenvalue weighted by Crippen LogP contribution is 2.40. The van der Waals surface area contributed by atoms with E-state index >= 15 is 0 Å². The SMILES string of the molecule is C[C@H]1C[C@@H](NC(=O)c2cc(C3CC3)on2)CCN1S(=O)(=O)CCCCl. The van der Waals surface area contributed by atoms with Gasteiger partial charge in [-0.05, 0) is 39.0 Å². The molecule has 1 amide bonds. The second-order valence-electron chi connectivity index (χ2n) is 6.90. The Morgan fingerprint density at radius 2 is 2.20 bits per heavy atom. The van der Waals surface area contributed by atoms with Crippen LogP contribution in [0.2, 0.25) is 0 Å². The molecule has 140 valence electrons. The lowest BCUT2D eigenvalue weighted by Crippen LogP contribution is -2.51. The molecule has 1 aliphatic carbocycles. The van der Waals surface area contributed by atoms with Gasteiger partial charge < -0.3 is 9.84 Å². The zero-order chi connectivity index (χ0) is 18.0.